The lowest BCUT2D eigenvalue weighted by Gasteiger charge is -2.22. The van der Waals surface area contributed by atoms with Crippen LogP contribution in [0.15, 0.2) is 71.3 Å². The molecule has 38 heavy (non-hydrogen) atoms. The van der Waals surface area contributed by atoms with Gasteiger partial charge in [-0.05, 0) is 43.3 Å². The smallest absolute Gasteiger partial charge is 0.335 e. The van der Waals surface area contributed by atoms with Gasteiger partial charge in [-0.15, -0.1) is 0 Å². The number of ether oxygens (including phenoxy) is 1. The summed E-state index contributed by atoms with van der Waals surface area (Å²) in [4.78, 5) is 63.9. The molecule has 2 unspecified atom stereocenters. The SMILES string of the molecule is CNC(C(=O)OC(=O)CCC(C(=O)O)N1C(=O)c2cccc(NCc3ccco3)c2C1=O)c1ccccc1. The van der Waals surface area contributed by atoms with E-state index in [4.69, 9.17) is 9.15 Å². The zero-order chi connectivity index (χ0) is 27.2. The summed E-state index contributed by atoms with van der Waals surface area (Å²) in [5.74, 6) is -4.30. The van der Waals surface area contributed by atoms with Gasteiger partial charge >= 0.3 is 17.9 Å². The normalized spacial score (nSPS) is 14.1. The Morgan fingerprint density at radius 2 is 1.76 bits per heavy atom. The number of imide groups is 1. The average Bonchev–Trinajstić information content (AvgIpc) is 3.51. The molecule has 0 fully saturated rings. The summed E-state index contributed by atoms with van der Waals surface area (Å²) in [7, 11) is 1.53. The van der Waals surface area contributed by atoms with Crippen LogP contribution in [0.25, 0.3) is 0 Å². The van der Waals surface area contributed by atoms with Gasteiger partial charge in [-0.25, -0.2) is 9.59 Å². The van der Waals surface area contributed by atoms with Crippen LogP contribution in [0.4, 0.5) is 5.69 Å². The molecule has 196 valence electrons. The van der Waals surface area contributed by atoms with Gasteiger partial charge in [-0.3, -0.25) is 19.3 Å². The highest BCUT2D eigenvalue weighted by Gasteiger charge is 2.44. The molecule has 1 aliphatic rings. The predicted octanol–water partition coefficient (Wildman–Crippen LogP) is 2.75. The second-order valence-electron chi connectivity index (χ2n) is 8.46. The summed E-state index contributed by atoms with van der Waals surface area (Å²) >= 11 is 0. The summed E-state index contributed by atoms with van der Waals surface area (Å²) in [6, 6.07) is 14.1. The fourth-order valence-electron chi connectivity index (χ4n) is 4.24. The molecule has 0 saturated carbocycles. The molecule has 4 rings (SSSR count). The van der Waals surface area contributed by atoms with Crippen LogP contribution < -0.4 is 10.6 Å². The maximum atomic E-state index is 13.2. The van der Waals surface area contributed by atoms with Crippen molar-refractivity contribution in [3.8, 4) is 0 Å². The highest BCUT2D eigenvalue weighted by molar-refractivity contribution is 6.25. The van der Waals surface area contributed by atoms with E-state index in [0.29, 0.717) is 21.9 Å². The van der Waals surface area contributed by atoms with E-state index in [-0.39, 0.29) is 17.7 Å². The first-order valence-electron chi connectivity index (χ1n) is 11.8. The van der Waals surface area contributed by atoms with Gasteiger partial charge in [0.2, 0.25) is 0 Å². The largest absolute Gasteiger partial charge is 0.480 e. The molecule has 0 radical (unpaired) electrons. The van der Waals surface area contributed by atoms with Gasteiger partial charge in [-0.1, -0.05) is 36.4 Å². The van der Waals surface area contributed by atoms with Crippen LogP contribution in [0.5, 0.6) is 0 Å². The van der Waals surface area contributed by atoms with Crippen LogP contribution in [-0.2, 0) is 25.7 Å². The van der Waals surface area contributed by atoms with E-state index >= 15 is 0 Å². The number of carboxylic acid groups (broad SMARTS) is 1. The minimum absolute atomic E-state index is 0.0350. The second kappa shape index (κ2) is 11.5. The summed E-state index contributed by atoms with van der Waals surface area (Å²) < 4.78 is 10.2. The van der Waals surface area contributed by atoms with E-state index in [1.54, 1.807) is 54.6 Å². The van der Waals surface area contributed by atoms with E-state index in [2.05, 4.69) is 10.6 Å². The lowest BCUT2D eigenvalue weighted by atomic mass is 10.1. The van der Waals surface area contributed by atoms with Gasteiger partial charge in [0.1, 0.15) is 17.8 Å². The molecule has 2 amide bonds. The molecule has 0 bridgehead atoms. The summed E-state index contributed by atoms with van der Waals surface area (Å²) in [6.45, 7) is 0.240. The minimum atomic E-state index is -1.64. The van der Waals surface area contributed by atoms with Gasteiger partial charge in [0, 0.05) is 12.1 Å². The molecule has 3 aromatic rings. The number of carbonyl (C=O) groups is 5. The summed E-state index contributed by atoms with van der Waals surface area (Å²) in [5.41, 5.74) is 1.00. The molecule has 0 saturated heterocycles. The Morgan fingerprint density at radius 1 is 1.00 bits per heavy atom. The molecule has 0 spiro atoms. The van der Waals surface area contributed by atoms with Crippen LogP contribution in [0.2, 0.25) is 0 Å². The molecule has 11 nitrogen and oxygen atoms in total. The number of esters is 2. The number of likely N-dealkylation sites (N-methyl/N-ethyl adjacent to an activating group) is 1. The van der Waals surface area contributed by atoms with Crippen molar-refractivity contribution < 1.29 is 38.2 Å². The van der Waals surface area contributed by atoms with Crippen molar-refractivity contribution in [1.29, 1.82) is 0 Å². The Balaban J connectivity index is 1.44. The fourth-order valence-corrected chi connectivity index (χ4v) is 4.24. The molecule has 1 aromatic heterocycles. The second-order valence-corrected chi connectivity index (χ2v) is 8.46. The standard InChI is InChI=1S/C27H25N3O8/c1-28-23(16-7-3-2-4-8-16)27(36)38-21(31)13-12-20(26(34)35)30-24(32)18-10-5-11-19(22(18)25(30)33)29-15-17-9-6-14-37-17/h2-11,14,20,23,28-29H,12-13,15H2,1H3,(H,34,35). The zero-order valence-electron chi connectivity index (χ0n) is 20.4. The average molecular weight is 520 g/mol. The number of benzene rings is 2. The van der Waals surface area contributed by atoms with E-state index in [1.165, 1.54) is 19.4 Å². The number of anilines is 1. The number of nitrogens with zero attached hydrogens (tertiary/aromatic N) is 1. The van der Waals surface area contributed by atoms with Crippen molar-refractivity contribution in [3.05, 3.63) is 89.4 Å². The maximum Gasteiger partial charge on any atom is 0.335 e. The van der Waals surface area contributed by atoms with Crippen molar-refractivity contribution in [2.24, 2.45) is 0 Å². The topological polar surface area (TPSA) is 155 Å². The third-order valence-corrected chi connectivity index (χ3v) is 6.07. The Hall–Kier alpha value is -4.77. The molecule has 11 heteroatoms. The molecular formula is C27H25N3O8. The van der Waals surface area contributed by atoms with Crippen LogP contribution in [0, 0.1) is 0 Å². The molecule has 2 aromatic carbocycles. The third kappa shape index (κ3) is 5.47. The first kappa shape index (κ1) is 26.3. The van der Waals surface area contributed by atoms with E-state index in [0.717, 1.165) is 0 Å². The van der Waals surface area contributed by atoms with Crippen molar-refractivity contribution in [2.75, 3.05) is 12.4 Å². The first-order chi connectivity index (χ1) is 18.3. The van der Waals surface area contributed by atoms with E-state index in [9.17, 15) is 29.1 Å². The number of nitrogens with one attached hydrogen (secondary N) is 2. The Bertz CT molecular complexity index is 1350. The van der Waals surface area contributed by atoms with Gasteiger partial charge < -0.3 is 24.9 Å². The van der Waals surface area contributed by atoms with Crippen LogP contribution in [0.1, 0.15) is 50.9 Å². The number of rotatable bonds is 11. The van der Waals surface area contributed by atoms with Crippen LogP contribution >= 0.6 is 0 Å². The minimum Gasteiger partial charge on any atom is -0.480 e. The van der Waals surface area contributed by atoms with E-state index in [1.807, 2.05) is 0 Å². The number of hydrogen-bond acceptors (Lipinski definition) is 9. The maximum absolute atomic E-state index is 13.2. The Kier molecular flexibility index (Phi) is 7.97. The van der Waals surface area contributed by atoms with Crippen molar-refractivity contribution in [3.63, 3.8) is 0 Å². The van der Waals surface area contributed by atoms with Crippen LogP contribution in [-0.4, -0.2) is 52.8 Å². The number of carboxylic acids is 1. The number of hydrogen-bond donors (Lipinski definition) is 3. The highest BCUT2D eigenvalue weighted by Crippen LogP contribution is 2.32. The van der Waals surface area contributed by atoms with Crippen molar-refractivity contribution >= 4 is 35.4 Å². The predicted molar refractivity (Wildman–Crippen MR) is 133 cm³/mol. The van der Waals surface area contributed by atoms with Crippen LogP contribution in [0.3, 0.4) is 0 Å². The monoisotopic (exact) mass is 519 g/mol. The van der Waals surface area contributed by atoms with E-state index < -0.39 is 54.6 Å². The van der Waals surface area contributed by atoms with Gasteiger partial charge in [0.05, 0.1) is 23.9 Å². The van der Waals surface area contributed by atoms with Gasteiger partial charge in [0.15, 0.2) is 0 Å². The molecule has 1 aliphatic heterocycles. The lowest BCUT2D eigenvalue weighted by molar-refractivity contribution is -0.161. The molecular weight excluding hydrogens is 494 g/mol. The molecule has 3 N–H and O–H groups in total. The zero-order valence-corrected chi connectivity index (χ0v) is 20.4. The third-order valence-electron chi connectivity index (χ3n) is 6.07. The first-order valence-corrected chi connectivity index (χ1v) is 11.8. The highest BCUT2D eigenvalue weighted by atomic mass is 16.6. The molecule has 0 aliphatic carbocycles. The van der Waals surface area contributed by atoms with Gasteiger partial charge in [0.25, 0.3) is 11.8 Å². The summed E-state index contributed by atoms with van der Waals surface area (Å²) in [6.07, 6.45) is 0.558. The number of fused-ring (bicyclic) bond motifs is 1. The molecule has 2 heterocycles. The van der Waals surface area contributed by atoms with Gasteiger partial charge in [-0.2, -0.15) is 0 Å². The Labute approximate surface area is 217 Å². The number of furan rings is 1. The lowest BCUT2D eigenvalue weighted by Crippen LogP contribution is -2.45. The van der Waals surface area contributed by atoms with Crippen molar-refractivity contribution in [1.82, 2.24) is 10.2 Å². The summed E-state index contributed by atoms with van der Waals surface area (Å²) in [5, 5.41) is 15.6. The number of carbonyl (C=O) groups excluding carboxylic acids is 4. The number of aliphatic carboxylic acids is 1. The van der Waals surface area contributed by atoms with Crippen molar-refractivity contribution in [2.45, 2.75) is 31.5 Å². The fraction of sp³-hybridized carbons (Fsp3) is 0.222. The number of amides is 2. The molecule has 2 atom stereocenters. The Morgan fingerprint density at radius 3 is 2.42 bits per heavy atom. The quantitative estimate of drug-likeness (QED) is 0.196.